The van der Waals surface area contributed by atoms with E-state index in [0.717, 1.165) is 12.8 Å². The first-order valence-electron chi connectivity index (χ1n) is 10.5. The quantitative estimate of drug-likeness (QED) is 0.660. The molecule has 0 saturated carbocycles. The number of piperidine rings is 1. The molecule has 3 amide bonds. The van der Waals surface area contributed by atoms with E-state index < -0.39 is 0 Å². The van der Waals surface area contributed by atoms with Crippen LogP contribution in [0.25, 0.3) is 0 Å². The third-order valence-corrected chi connectivity index (χ3v) is 5.59. The molecular weight excluding hydrogens is 386 g/mol. The molecule has 8 heteroatoms. The normalized spacial score (nSPS) is 19.0. The maximum absolute atomic E-state index is 12.8. The van der Waals surface area contributed by atoms with Crippen molar-refractivity contribution in [2.75, 3.05) is 44.7 Å². The minimum atomic E-state index is -0.307. The highest BCUT2D eigenvalue weighted by atomic mass is 16.5. The van der Waals surface area contributed by atoms with E-state index in [2.05, 4.69) is 0 Å². The number of hydrogen-bond acceptors (Lipinski definition) is 5. The lowest BCUT2D eigenvalue weighted by atomic mass is 9.98. The second-order valence-corrected chi connectivity index (χ2v) is 7.79. The Labute approximate surface area is 176 Å². The fourth-order valence-corrected chi connectivity index (χ4v) is 3.98. The molecule has 3 rings (SSSR count). The van der Waals surface area contributed by atoms with Gasteiger partial charge >= 0.3 is 5.97 Å². The van der Waals surface area contributed by atoms with Crippen LogP contribution in [0.3, 0.4) is 0 Å². The van der Waals surface area contributed by atoms with Crippen LogP contribution in [0.1, 0.15) is 43.0 Å². The standard InChI is InChI=1S/C22H29N3O5/c1-3-30-22(29)17-8-5-11-24(14-17)20(27)15-23(2)21(28)16-7-4-9-18(13-16)25-12-6-10-19(25)26/h4,7,9,13,17H,3,5-6,8,10-12,14-15H2,1-2H3. The van der Waals surface area contributed by atoms with Crippen molar-refractivity contribution in [2.24, 2.45) is 5.92 Å². The SMILES string of the molecule is CCOC(=O)C1CCCN(C(=O)CN(C)C(=O)c2cccc(N3CCCC3=O)c2)C1. The first-order valence-corrected chi connectivity index (χ1v) is 10.5. The summed E-state index contributed by atoms with van der Waals surface area (Å²) in [5, 5.41) is 0. The fraction of sp³-hybridized carbons (Fsp3) is 0.545. The molecule has 8 nitrogen and oxygen atoms in total. The number of likely N-dealkylation sites (N-methyl/N-ethyl adjacent to an activating group) is 1. The average Bonchev–Trinajstić information content (AvgIpc) is 3.19. The number of benzene rings is 1. The maximum atomic E-state index is 12.8. The van der Waals surface area contributed by atoms with Gasteiger partial charge in [-0.05, 0) is 44.4 Å². The Balaban J connectivity index is 1.60. The van der Waals surface area contributed by atoms with Gasteiger partial charge in [-0.1, -0.05) is 6.07 Å². The Morgan fingerprint density at radius 1 is 1.20 bits per heavy atom. The van der Waals surface area contributed by atoms with E-state index in [1.807, 2.05) is 6.07 Å². The van der Waals surface area contributed by atoms with Crippen LogP contribution < -0.4 is 4.90 Å². The lowest BCUT2D eigenvalue weighted by Crippen LogP contribution is -2.47. The van der Waals surface area contributed by atoms with Crippen molar-refractivity contribution in [3.05, 3.63) is 29.8 Å². The Kier molecular flexibility index (Phi) is 7.07. The van der Waals surface area contributed by atoms with Crippen LogP contribution in [0.2, 0.25) is 0 Å². The lowest BCUT2D eigenvalue weighted by Gasteiger charge is -2.32. The van der Waals surface area contributed by atoms with E-state index in [9.17, 15) is 19.2 Å². The molecule has 162 valence electrons. The summed E-state index contributed by atoms with van der Waals surface area (Å²) in [7, 11) is 1.58. The van der Waals surface area contributed by atoms with Crippen LogP contribution in [0.15, 0.2) is 24.3 Å². The molecule has 30 heavy (non-hydrogen) atoms. The number of carbonyl (C=O) groups excluding carboxylic acids is 4. The summed E-state index contributed by atoms with van der Waals surface area (Å²) in [6.45, 7) is 3.57. The fourth-order valence-electron chi connectivity index (χ4n) is 3.98. The number of amides is 3. The predicted octanol–water partition coefficient (Wildman–Crippen LogP) is 1.69. The highest BCUT2D eigenvalue weighted by Gasteiger charge is 2.30. The molecule has 0 aliphatic carbocycles. The molecule has 2 heterocycles. The Morgan fingerprint density at radius 2 is 2.00 bits per heavy atom. The summed E-state index contributed by atoms with van der Waals surface area (Å²) >= 11 is 0. The van der Waals surface area contributed by atoms with E-state index in [0.29, 0.717) is 50.3 Å². The molecule has 0 radical (unpaired) electrons. The molecule has 1 aromatic carbocycles. The molecule has 2 aliphatic rings. The van der Waals surface area contributed by atoms with Crippen molar-refractivity contribution in [3.63, 3.8) is 0 Å². The number of likely N-dealkylation sites (tertiary alicyclic amines) is 1. The Bertz CT molecular complexity index is 825. The Morgan fingerprint density at radius 3 is 2.70 bits per heavy atom. The van der Waals surface area contributed by atoms with Crippen LogP contribution in [-0.2, 0) is 19.1 Å². The molecule has 2 fully saturated rings. The van der Waals surface area contributed by atoms with Gasteiger partial charge in [-0.15, -0.1) is 0 Å². The molecule has 1 unspecified atom stereocenters. The first kappa shape index (κ1) is 21.8. The van der Waals surface area contributed by atoms with Crippen LogP contribution in [0, 0.1) is 5.92 Å². The first-order chi connectivity index (χ1) is 14.4. The third kappa shape index (κ3) is 4.98. The van der Waals surface area contributed by atoms with Gasteiger partial charge in [0.25, 0.3) is 5.91 Å². The predicted molar refractivity (Wildman–Crippen MR) is 111 cm³/mol. The summed E-state index contributed by atoms with van der Waals surface area (Å²) in [5.41, 5.74) is 1.14. The summed E-state index contributed by atoms with van der Waals surface area (Å²) in [6, 6.07) is 6.95. The van der Waals surface area contributed by atoms with E-state index in [1.165, 1.54) is 4.90 Å². The van der Waals surface area contributed by atoms with Crippen molar-refractivity contribution in [2.45, 2.75) is 32.6 Å². The minimum Gasteiger partial charge on any atom is -0.466 e. The number of esters is 1. The van der Waals surface area contributed by atoms with Crippen molar-refractivity contribution in [1.29, 1.82) is 0 Å². The minimum absolute atomic E-state index is 0.0596. The molecular formula is C22H29N3O5. The molecule has 0 bridgehead atoms. The van der Waals surface area contributed by atoms with Crippen molar-refractivity contribution >= 4 is 29.4 Å². The summed E-state index contributed by atoms with van der Waals surface area (Å²) in [4.78, 5) is 54.2. The third-order valence-electron chi connectivity index (χ3n) is 5.59. The second kappa shape index (κ2) is 9.73. The molecule has 1 atom stereocenters. The van der Waals surface area contributed by atoms with Crippen LogP contribution in [0.5, 0.6) is 0 Å². The van der Waals surface area contributed by atoms with Gasteiger partial charge < -0.3 is 19.4 Å². The molecule has 0 N–H and O–H groups in total. The topological polar surface area (TPSA) is 87.2 Å². The van der Waals surface area contributed by atoms with Gasteiger partial charge in [0.15, 0.2) is 0 Å². The summed E-state index contributed by atoms with van der Waals surface area (Å²) < 4.78 is 5.08. The number of ether oxygens (including phenoxy) is 1. The molecule has 2 saturated heterocycles. The van der Waals surface area contributed by atoms with Crippen LogP contribution in [0.4, 0.5) is 5.69 Å². The van der Waals surface area contributed by atoms with Crippen molar-refractivity contribution in [1.82, 2.24) is 9.80 Å². The zero-order valence-electron chi connectivity index (χ0n) is 17.6. The van der Waals surface area contributed by atoms with Gasteiger partial charge in [0.05, 0.1) is 19.1 Å². The van der Waals surface area contributed by atoms with E-state index >= 15 is 0 Å². The van der Waals surface area contributed by atoms with Gasteiger partial charge in [0.2, 0.25) is 11.8 Å². The lowest BCUT2D eigenvalue weighted by molar-refractivity contribution is -0.151. The molecule has 0 aromatic heterocycles. The summed E-state index contributed by atoms with van der Waals surface area (Å²) in [6.07, 6.45) is 2.78. The number of anilines is 1. The van der Waals surface area contributed by atoms with E-state index in [1.54, 1.807) is 42.0 Å². The molecule has 0 spiro atoms. The number of rotatable bonds is 6. The second-order valence-electron chi connectivity index (χ2n) is 7.79. The van der Waals surface area contributed by atoms with Gasteiger partial charge in [-0.3, -0.25) is 19.2 Å². The van der Waals surface area contributed by atoms with Crippen LogP contribution in [-0.4, -0.2) is 73.3 Å². The van der Waals surface area contributed by atoms with Crippen molar-refractivity contribution < 1.29 is 23.9 Å². The van der Waals surface area contributed by atoms with Gasteiger partial charge in [0.1, 0.15) is 0 Å². The van der Waals surface area contributed by atoms with E-state index in [-0.39, 0.29) is 36.2 Å². The number of hydrogen-bond donors (Lipinski definition) is 0. The monoisotopic (exact) mass is 415 g/mol. The highest BCUT2D eigenvalue weighted by molar-refractivity contribution is 6.00. The van der Waals surface area contributed by atoms with Gasteiger partial charge in [0, 0.05) is 44.4 Å². The summed E-state index contributed by atoms with van der Waals surface area (Å²) in [5.74, 6) is -0.989. The highest BCUT2D eigenvalue weighted by Crippen LogP contribution is 2.23. The van der Waals surface area contributed by atoms with E-state index in [4.69, 9.17) is 4.74 Å². The van der Waals surface area contributed by atoms with Crippen molar-refractivity contribution in [3.8, 4) is 0 Å². The average molecular weight is 415 g/mol. The number of nitrogens with zero attached hydrogens (tertiary/aromatic N) is 3. The zero-order chi connectivity index (χ0) is 21.7. The zero-order valence-corrected chi connectivity index (χ0v) is 17.6. The van der Waals surface area contributed by atoms with Crippen LogP contribution >= 0.6 is 0 Å². The van der Waals surface area contributed by atoms with Gasteiger partial charge in [-0.25, -0.2) is 0 Å². The van der Waals surface area contributed by atoms with Gasteiger partial charge in [-0.2, -0.15) is 0 Å². The molecule has 2 aliphatic heterocycles. The maximum Gasteiger partial charge on any atom is 0.310 e. The smallest absolute Gasteiger partial charge is 0.310 e. The number of carbonyl (C=O) groups is 4. The Hall–Kier alpha value is -2.90. The molecule has 1 aromatic rings. The largest absolute Gasteiger partial charge is 0.466 e.